The molecule has 7 heteroatoms. The zero-order valence-electron chi connectivity index (χ0n) is 14.0. The highest BCUT2D eigenvalue weighted by molar-refractivity contribution is 6.39. The Balaban J connectivity index is 1.82. The fourth-order valence-electron chi connectivity index (χ4n) is 2.12. The summed E-state index contributed by atoms with van der Waals surface area (Å²) in [6.07, 6.45) is 0.609. The largest absolute Gasteiger partial charge is 0.497 e. The van der Waals surface area contributed by atoms with Crippen LogP contribution in [0.15, 0.2) is 42.5 Å². The van der Waals surface area contributed by atoms with Crippen LogP contribution in [0.4, 0.5) is 5.69 Å². The van der Waals surface area contributed by atoms with Crippen LogP contribution in [-0.4, -0.2) is 32.6 Å². The fraction of sp³-hybridized carbons (Fsp3) is 0.222. The van der Waals surface area contributed by atoms with Gasteiger partial charge in [0.2, 0.25) is 0 Å². The molecule has 0 radical (unpaired) electrons. The topological polar surface area (TPSA) is 76.7 Å². The number of carbonyl (C=O) groups is 2. The summed E-state index contributed by atoms with van der Waals surface area (Å²) >= 11 is 5.92. The summed E-state index contributed by atoms with van der Waals surface area (Å²) in [5.74, 6) is -0.272. The lowest BCUT2D eigenvalue weighted by molar-refractivity contribution is -0.136. The van der Waals surface area contributed by atoms with E-state index in [1.54, 1.807) is 25.3 Å². The number of hydrogen-bond acceptors (Lipinski definition) is 4. The zero-order chi connectivity index (χ0) is 18.2. The van der Waals surface area contributed by atoms with Gasteiger partial charge in [-0.1, -0.05) is 23.7 Å². The first-order chi connectivity index (χ1) is 12.0. The van der Waals surface area contributed by atoms with E-state index in [0.717, 1.165) is 11.3 Å². The highest BCUT2D eigenvalue weighted by Gasteiger charge is 2.14. The molecule has 2 rings (SSSR count). The molecule has 0 aromatic heterocycles. The van der Waals surface area contributed by atoms with E-state index >= 15 is 0 Å². The first-order valence-corrected chi connectivity index (χ1v) is 7.97. The predicted octanol–water partition coefficient (Wildman–Crippen LogP) is 2.65. The second kappa shape index (κ2) is 8.94. The van der Waals surface area contributed by atoms with Gasteiger partial charge in [-0.05, 0) is 36.2 Å². The Bertz CT molecular complexity index is 747. The molecule has 2 aromatic carbocycles. The molecule has 0 saturated carbocycles. The Hall–Kier alpha value is -2.73. The molecule has 2 amide bonds. The van der Waals surface area contributed by atoms with Crippen molar-refractivity contribution in [1.82, 2.24) is 5.32 Å². The molecule has 25 heavy (non-hydrogen) atoms. The van der Waals surface area contributed by atoms with Crippen LogP contribution in [0.5, 0.6) is 11.5 Å². The van der Waals surface area contributed by atoms with Crippen molar-refractivity contribution in [2.24, 2.45) is 0 Å². The van der Waals surface area contributed by atoms with Gasteiger partial charge in [-0.2, -0.15) is 0 Å². The molecule has 0 aliphatic heterocycles. The highest BCUT2D eigenvalue weighted by Crippen LogP contribution is 2.27. The molecule has 0 saturated heterocycles. The van der Waals surface area contributed by atoms with Crippen molar-refractivity contribution in [1.29, 1.82) is 0 Å². The lowest BCUT2D eigenvalue weighted by atomic mass is 10.1. The molecule has 2 aromatic rings. The summed E-state index contributed by atoms with van der Waals surface area (Å²) in [4.78, 5) is 23.8. The number of benzene rings is 2. The Morgan fingerprint density at radius 2 is 1.72 bits per heavy atom. The van der Waals surface area contributed by atoms with E-state index in [4.69, 9.17) is 21.1 Å². The first-order valence-electron chi connectivity index (χ1n) is 7.59. The van der Waals surface area contributed by atoms with Gasteiger partial charge >= 0.3 is 11.8 Å². The van der Waals surface area contributed by atoms with Crippen LogP contribution < -0.4 is 20.1 Å². The van der Waals surface area contributed by atoms with Gasteiger partial charge in [0.05, 0.1) is 19.2 Å². The van der Waals surface area contributed by atoms with Gasteiger partial charge in [-0.15, -0.1) is 0 Å². The smallest absolute Gasteiger partial charge is 0.313 e. The second-order valence-electron chi connectivity index (χ2n) is 5.16. The molecule has 0 spiro atoms. The second-order valence-corrected chi connectivity index (χ2v) is 5.56. The Morgan fingerprint density at radius 1 is 1.00 bits per heavy atom. The number of amides is 2. The molecule has 0 aliphatic carbocycles. The average Bonchev–Trinajstić information content (AvgIpc) is 2.63. The zero-order valence-corrected chi connectivity index (χ0v) is 14.7. The van der Waals surface area contributed by atoms with Gasteiger partial charge in [0.15, 0.2) is 0 Å². The van der Waals surface area contributed by atoms with Gasteiger partial charge in [0.25, 0.3) is 0 Å². The van der Waals surface area contributed by atoms with Gasteiger partial charge in [-0.3, -0.25) is 9.59 Å². The van der Waals surface area contributed by atoms with Crippen molar-refractivity contribution in [2.75, 3.05) is 26.1 Å². The Labute approximate surface area is 151 Å². The quantitative estimate of drug-likeness (QED) is 0.774. The van der Waals surface area contributed by atoms with Crippen LogP contribution in [0.1, 0.15) is 5.56 Å². The van der Waals surface area contributed by atoms with Crippen molar-refractivity contribution in [3.63, 3.8) is 0 Å². The van der Waals surface area contributed by atoms with Crippen molar-refractivity contribution in [2.45, 2.75) is 6.42 Å². The third kappa shape index (κ3) is 5.39. The lowest BCUT2D eigenvalue weighted by Crippen LogP contribution is -2.36. The van der Waals surface area contributed by atoms with Crippen molar-refractivity contribution in [3.05, 3.63) is 53.1 Å². The van der Waals surface area contributed by atoms with Crippen LogP contribution in [0.25, 0.3) is 0 Å². The highest BCUT2D eigenvalue weighted by atomic mass is 35.5. The number of halogens is 1. The predicted molar refractivity (Wildman–Crippen MR) is 96.3 cm³/mol. The maximum absolute atomic E-state index is 11.9. The first kappa shape index (κ1) is 18.6. The van der Waals surface area contributed by atoms with E-state index in [1.807, 2.05) is 24.3 Å². The molecule has 0 atom stereocenters. The van der Waals surface area contributed by atoms with Gasteiger partial charge < -0.3 is 20.1 Å². The fourth-order valence-corrected chi connectivity index (χ4v) is 2.31. The molecular weight excluding hydrogens is 344 g/mol. The molecule has 0 unspecified atom stereocenters. The van der Waals surface area contributed by atoms with E-state index in [-0.39, 0.29) is 0 Å². The number of ether oxygens (including phenoxy) is 2. The normalized spacial score (nSPS) is 10.0. The van der Waals surface area contributed by atoms with Crippen LogP contribution in [0.3, 0.4) is 0 Å². The maximum atomic E-state index is 11.9. The van der Waals surface area contributed by atoms with Crippen molar-refractivity contribution < 1.29 is 19.1 Å². The van der Waals surface area contributed by atoms with Crippen LogP contribution in [0, 0.1) is 0 Å². The molecule has 2 N–H and O–H groups in total. The molecular formula is C18H19ClN2O4. The molecule has 0 fully saturated rings. The summed E-state index contributed by atoms with van der Waals surface area (Å²) in [6, 6.07) is 12.2. The monoisotopic (exact) mass is 362 g/mol. The average molecular weight is 363 g/mol. The minimum Gasteiger partial charge on any atom is -0.497 e. The number of nitrogens with one attached hydrogen (secondary N) is 2. The number of hydrogen-bond donors (Lipinski definition) is 2. The summed E-state index contributed by atoms with van der Waals surface area (Å²) in [7, 11) is 3.07. The number of carbonyl (C=O) groups excluding carboxylic acids is 2. The lowest BCUT2D eigenvalue weighted by Gasteiger charge is -2.09. The van der Waals surface area contributed by atoms with E-state index in [0.29, 0.717) is 29.4 Å². The summed E-state index contributed by atoms with van der Waals surface area (Å²) in [6.45, 7) is 0.350. The third-order valence-electron chi connectivity index (χ3n) is 3.47. The Morgan fingerprint density at radius 3 is 2.36 bits per heavy atom. The number of methoxy groups -OCH3 is 2. The van der Waals surface area contributed by atoms with Gasteiger partial charge in [0, 0.05) is 18.3 Å². The van der Waals surface area contributed by atoms with Crippen molar-refractivity contribution >= 4 is 29.1 Å². The molecule has 0 aliphatic rings. The van der Waals surface area contributed by atoms with Gasteiger partial charge in [0.1, 0.15) is 11.5 Å². The molecule has 132 valence electrons. The minimum absolute atomic E-state index is 0.350. The third-order valence-corrected chi connectivity index (χ3v) is 3.79. The van der Waals surface area contributed by atoms with Crippen molar-refractivity contribution in [3.8, 4) is 11.5 Å². The summed E-state index contributed by atoms with van der Waals surface area (Å²) < 4.78 is 10.1. The van der Waals surface area contributed by atoms with E-state index in [2.05, 4.69) is 10.6 Å². The van der Waals surface area contributed by atoms with Gasteiger partial charge in [-0.25, -0.2) is 0 Å². The standard InChI is InChI=1S/C18H19ClN2O4/c1-24-14-6-3-12(4-7-14)9-10-20-17(22)18(23)21-13-5-8-15(19)16(11-13)25-2/h3-8,11H,9-10H2,1-2H3,(H,20,22)(H,21,23). The SMILES string of the molecule is COc1ccc(CCNC(=O)C(=O)Nc2ccc(Cl)c(OC)c2)cc1. The number of anilines is 1. The molecule has 0 heterocycles. The summed E-state index contributed by atoms with van der Waals surface area (Å²) in [5, 5.41) is 5.50. The van der Waals surface area contributed by atoms with Crippen LogP contribution in [0.2, 0.25) is 5.02 Å². The summed E-state index contributed by atoms with van der Waals surface area (Å²) in [5.41, 5.74) is 1.46. The maximum Gasteiger partial charge on any atom is 0.313 e. The van der Waals surface area contributed by atoms with Crippen LogP contribution in [-0.2, 0) is 16.0 Å². The molecule has 6 nitrogen and oxygen atoms in total. The molecule has 0 bridgehead atoms. The minimum atomic E-state index is -0.751. The van der Waals surface area contributed by atoms with E-state index in [9.17, 15) is 9.59 Å². The van der Waals surface area contributed by atoms with Crippen LogP contribution >= 0.6 is 11.6 Å². The Kier molecular flexibility index (Phi) is 6.65. The number of rotatable bonds is 6. The van der Waals surface area contributed by atoms with E-state index < -0.39 is 11.8 Å². The van der Waals surface area contributed by atoms with E-state index in [1.165, 1.54) is 7.11 Å².